The first-order chi connectivity index (χ1) is 14.5. The Morgan fingerprint density at radius 3 is 2.60 bits per heavy atom. The number of carbonyl (C=O) groups is 1. The number of methoxy groups -OCH3 is 1. The quantitative estimate of drug-likeness (QED) is 0.477. The number of halogens is 1. The normalized spacial score (nSPS) is 16.4. The molecule has 3 rings (SSSR count). The molecule has 0 aliphatic carbocycles. The van der Waals surface area contributed by atoms with E-state index in [1.165, 1.54) is 28.8 Å². The van der Waals surface area contributed by atoms with Crippen molar-refractivity contribution in [2.24, 2.45) is 4.99 Å². The molecule has 0 saturated carbocycles. The van der Waals surface area contributed by atoms with Crippen LogP contribution in [0.15, 0.2) is 59.0 Å². The van der Waals surface area contributed by atoms with Gasteiger partial charge in [0.05, 0.1) is 12.0 Å². The van der Waals surface area contributed by atoms with Crippen molar-refractivity contribution in [2.45, 2.75) is 13.0 Å². The summed E-state index contributed by atoms with van der Waals surface area (Å²) in [6.45, 7) is 4.10. The average Bonchev–Trinajstić information content (AvgIpc) is 3.02. The highest BCUT2D eigenvalue weighted by atomic mass is 32.2. The largest absolute Gasteiger partial charge is 0.493 e. The van der Waals surface area contributed by atoms with E-state index in [0.29, 0.717) is 28.0 Å². The van der Waals surface area contributed by atoms with Crippen LogP contribution in [-0.2, 0) is 17.8 Å². The van der Waals surface area contributed by atoms with Crippen molar-refractivity contribution < 1.29 is 18.7 Å². The Hall–Kier alpha value is -3.06. The number of carbonyl (C=O) groups excluding carboxylic acids is 1. The zero-order valence-corrected chi connectivity index (χ0v) is 18.0. The van der Waals surface area contributed by atoms with Gasteiger partial charge in [-0.15, -0.1) is 6.58 Å². The Labute approximate surface area is 179 Å². The van der Waals surface area contributed by atoms with Crippen molar-refractivity contribution in [1.82, 2.24) is 4.90 Å². The molecule has 1 aliphatic rings. The van der Waals surface area contributed by atoms with Crippen LogP contribution in [0.5, 0.6) is 11.5 Å². The second-order valence-corrected chi connectivity index (χ2v) is 7.61. The van der Waals surface area contributed by atoms with Crippen LogP contribution in [0.2, 0.25) is 0 Å². The van der Waals surface area contributed by atoms with E-state index < -0.39 is 0 Å². The number of thioether (sulfide) groups is 1. The van der Waals surface area contributed by atoms with Crippen LogP contribution >= 0.6 is 11.8 Å². The average molecular weight is 427 g/mol. The number of rotatable bonds is 7. The Balaban J connectivity index is 1.93. The molecular formula is C23H23FN2O3S. The Morgan fingerprint density at radius 2 is 2.00 bits per heavy atom. The van der Waals surface area contributed by atoms with E-state index in [1.54, 1.807) is 39.4 Å². The number of ether oxygens (including phenoxy) is 2. The maximum Gasteiger partial charge on any atom is 0.266 e. The molecule has 0 radical (unpaired) electrons. The molecule has 1 fully saturated rings. The number of hydrogen-bond donors (Lipinski definition) is 0. The fraction of sp³-hybridized carbons (Fsp3) is 0.217. The molecule has 1 heterocycles. The first-order valence-electron chi connectivity index (χ1n) is 9.30. The summed E-state index contributed by atoms with van der Waals surface area (Å²) >= 11 is 1.33. The molecule has 2 aromatic rings. The number of benzene rings is 2. The van der Waals surface area contributed by atoms with Crippen LogP contribution in [0, 0.1) is 5.82 Å². The Morgan fingerprint density at radius 1 is 1.27 bits per heavy atom. The zero-order valence-electron chi connectivity index (χ0n) is 17.1. The van der Waals surface area contributed by atoms with Crippen molar-refractivity contribution >= 4 is 28.9 Å². The molecule has 0 bridgehead atoms. The van der Waals surface area contributed by atoms with Gasteiger partial charge < -0.3 is 9.47 Å². The standard InChI is InChI=1S/C23H23FN2O3S/c1-5-6-17-11-16(13-20-22(27)26(3)23(25-2)30-20)12-19(28-4)21(17)29-14-15-7-9-18(24)10-8-15/h5,7-13H,1,6,14H2,2-4H3/b20-13-,25-23?. The van der Waals surface area contributed by atoms with E-state index in [9.17, 15) is 9.18 Å². The Kier molecular flexibility index (Phi) is 6.95. The molecule has 1 amide bonds. The van der Waals surface area contributed by atoms with Crippen LogP contribution in [0.1, 0.15) is 16.7 Å². The fourth-order valence-electron chi connectivity index (χ4n) is 3.03. The van der Waals surface area contributed by atoms with Gasteiger partial charge in [0.15, 0.2) is 16.7 Å². The highest BCUT2D eigenvalue weighted by Gasteiger charge is 2.29. The molecule has 2 aromatic carbocycles. The predicted octanol–water partition coefficient (Wildman–Crippen LogP) is 4.67. The topological polar surface area (TPSA) is 51.1 Å². The third-order valence-corrected chi connectivity index (χ3v) is 5.68. The number of likely N-dealkylation sites (N-methyl/N-ethyl adjacent to an activating group) is 1. The van der Waals surface area contributed by atoms with Gasteiger partial charge in [-0.25, -0.2) is 4.39 Å². The monoisotopic (exact) mass is 426 g/mol. The lowest BCUT2D eigenvalue weighted by molar-refractivity contribution is -0.121. The molecular weight excluding hydrogens is 403 g/mol. The lowest BCUT2D eigenvalue weighted by Gasteiger charge is -2.16. The molecule has 1 aliphatic heterocycles. The van der Waals surface area contributed by atoms with Crippen molar-refractivity contribution in [3.05, 3.63) is 76.5 Å². The summed E-state index contributed by atoms with van der Waals surface area (Å²) in [5.41, 5.74) is 2.54. The highest BCUT2D eigenvalue weighted by molar-refractivity contribution is 8.18. The summed E-state index contributed by atoms with van der Waals surface area (Å²) < 4.78 is 24.7. The summed E-state index contributed by atoms with van der Waals surface area (Å²) in [6.07, 6.45) is 4.16. The number of aliphatic imine (C=N–C) groups is 1. The maximum atomic E-state index is 13.1. The molecule has 30 heavy (non-hydrogen) atoms. The molecule has 0 N–H and O–H groups in total. The van der Waals surface area contributed by atoms with E-state index in [2.05, 4.69) is 11.6 Å². The molecule has 1 saturated heterocycles. The van der Waals surface area contributed by atoms with Crippen molar-refractivity contribution in [3.63, 3.8) is 0 Å². The van der Waals surface area contributed by atoms with Crippen LogP contribution in [0.3, 0.4) is 0 Å². The van der Waals surface area contributed by atoms with E-state index in [1.807, 2.05) is 18.2 Å². The van der Waals surface area contributed by atoms with Gasteiger partial charge in [-0.2, -0.15) is 0 Å². The molecule has 5 nitrogen and oxygen atoms in total. The number of amides is 1. The first kappa shape index (κ1) is 21.6. The minimum atomic E-state index is -0.290. The van der Waals surface area contributed by atoms with Gasteiger partial charge in [0.25, 0.3) is 5.91 Å². The molecule has 156 valence electrons. The Bertz CT molecular complexity index is 1020. The van der Waals surface area contributed by atoms with Crippen molar-refractivity contribution in [2.75, 3.05) is 21.2 Å². The molecule has 0 aromatic heterocycles. The van der Waals surface area contributed by atoms with E-state index in [4.69, 9.17) is 9.47 Å². The summed E-state index contributed by atoms with van der Waals surface area (Å²) in [7, 11) is 4.93. The predicted molar refractivity (Wildman–Crippen MR) is 119 cm³/mol. The minimum absolute atomic E-state index is 0.0959. The third-order valence-electron chi connectivity index (χ3n) is 4.53. The van der Waals surface area contributed by atoms with Crippen LogP contribution in [0.25, 0.3) is 6.08 Å². The number of allylic oxidation sites excluding steroid dienone is 1. The summed E-state index contributed by atoms with van der Waals surface area (Å²) in [4.78, 5) is 18.7. The van der Waals surface area contributed by atoms with Crippen molar-refractivity contribution in [3.8, 4) is 11.5 Å². The van der Waals surface area contributed by atoms with Gasteiger partial charge in [0.2, 0.25) is 0 Å². The highest BCUT2D eigenvalue weighted by Crippen LogP contribution is 2.37. The molecule has 0 atom stereocenters. The molecule has 0 unspecified atom stereocenters. The zero-order chi connectivity index (χ0) is 21.7. The fourth-order valence-corrected chi connectivity index (χ4v) is 3.95. The lowest BCUT2D eigenvalue weighted by atomic mass is 10.0. The van der Waals surface area contributed by atoms with Crippen molar-refractivity contribution in [1.29, 1.82) is 0 Å². The van der Waals surface area contributed by atoms with E-state index in [-0.39, 0.29) is 18.3 Å². The third kappa shape index (κ3) is 4.74. The smallest absolute Gasteiger partial charge is 0.266 e. The number of hydrogen-bond acceptors (Lipinski definition) is 5. The SMILES string of the molecule is C=CCc1cc(/C=C2\SC(=NC)N(C)C2=O)cc(OC)c1OCc1ccc(F)cc1. The first-order valence-corrected chi connectivity index (χ1v) is 10.1. The van der Waals surface area contributed by atoms with Gasteiger partial charge in [-0.3, -0.25) is 14.7 Å². The second-order valence-electron chi connectivity index (χ2n) is 6.60. The number of amidine groups is 1. The van der Waals surface area contributed by atoms with Crippen LogP contribution in [-0.4, -0.2) is 37.2 Å². The van der Waals surface area contributed by atoms with Crippen LogP contribution in [0.4, 0.5) is 4.39 Å². The minimum Gasteiger partial charge on any atom is -0.493 e. The number of nitrogens with zero attached hydrogens (tertiary/aromatic N) is 2. The maximum absolute atomic E-state index is 13.1. The summed E-state index contributed by atoms with van der Waals surface area (Å²) in [5, 5.41) is 0.656. The molecule has 0 spiro atoms. The summed E-state index contributed by atoms with van der Waals surface area (Å²) in [6, 6.07) is 9.94. The van der Waals surface area contributed by atoms with Gasteiger partial charge >= 0.3 is 0 Å². The van der Waals surface area contributed by atoms with E-state index in [0.717, 1.165) is 16.7 Å². The van der Waals surface area contributed by atoms with E-state index >= 15 is 0 Å². The van der Waals surface area contributed by atoms with Gasteiger partial charge in [-0.05, 0) is 59.7 Å². The van der Waals surface area contributed by atoms with Gasteiger partial charge in [-0.1, -0.05) is 18.2 Å². The second kappa shape index (κ2) is 9.63. The van der Waals surface area contributed by atoms with Crippen LogP contribution < -0.4 is 9.47 Å². The lowest BCUT2D eigenvalue weighted by Crippen LogP contribution is -2.23. The van der Waals surface area contributed by atoms with Gasteiger partial charge in [0, 0.05) is 19.7 Å². The van der Waals surface area contributed by atoms with Gasteiger partial charge in [0.1, 0.15) is 12.4 Å². The summed E-state index contributed by atoms with van der Waals surface area (Å²) in [5.74, 6) is 0.766. The molecule has 7 heteroatoms.